The maximum absolute atomic E-state index is 5.35. The molecular weight excluding hydrogens is 270 g/mol. The van der Waals surface area contributed by atoms with Crippen LogP contribution in [-0.4, -0.2) is 24.5 Å². The zero-order valence-electron chi connectivity index (χ0n) is 11.6. The van der Waals surface area contributed by atoms with Crippen molar-refractivity contribution in [2.75, 3.05) is 0 Å². The summed E-state index contributed by atoms with van der Waals surface area (Å²) in [7, 11) is 1.90. The van der Waals surface area contributed by atoms with Crippen LogP contribution in [0.1, 0.15) is 11.3 Å². The van der Waals surface area contributed by atoms with Gasteiger partial charge >= 0.3 is 0 Å². The Kier molecular flexibility index (Phi) is 3.02. The predicted octanol–water partition coefficient (Wildman–Crippen LogP) is 2.95. The fraction of sp³-hybridized carbons (Fsp3) is 0.214. The summed E-state index contributed by atoms with van der Waals surface area (Å²) in [5.74, 6) is 0.766. The molecule has 0 amide bonds. The highest BCUT2D eigenvalue weighted by atomic mass is 32.1. The minimum absolute atomic E-state index is 0.572. The summed E-state index contributed by atoms with van der Waals surface area (Å²) in [6.07, 6.45) is 0. The number of hydrogen-bond acceptors (Lipinski definition) is 3. The van der Waals surface area contributed by atoms with Crippen molar-refractivity contribution >= 4 is 12.2 Å². The molecule has 1 N–H and O–H groups in total. The Morgan fingerprint density at radius 3 is 2.45 bits per heavy atom. The first-order chi connectivity index (χ1) is 9.56. The van der Waals surface area contributed by atoms with Crippen molar-refractivity contribution in [1.82, 2.24) is 24.5 Å². The number of nitrogens with zero attached hydrogens (tertiary/aromatic N) is 4. The van der Waals surface area contributed by atoms with Crippen molar-refractivity contribution < 1.29 is 0 Å². The van der Waals surface area contributed by atoms with Crippen LogP contribution in [0.4, 0.5) is 0 Å². The summed E-state index contributed by atoms with van der Waals surface area (Å²) in [6.45, 7) is 4.02. The lowest BCUT2D eigenvalue weighted by atomic mass is 10.2. The van der Waals surface area contributed by atoms with Gasteiger partial charge in [-0.25, -0.2) is 0 Å². The highest BCUT2D eigenvalue weighted by Gasteiger charge is 2.14. The Labute approximate surface area is 121 Å². The number of nitrogens with one attached hydrogen (secondary N) is 1. The Morgan fingerprint density at radius 1 is 1.15 bits per heavy atom. The molecule has 0 aliphatic rings. The van der Waals surface area contributed by atoms with Crippen LogP contribution in [0, 0.1) is 18.6 Å². The van der Waals surface area contributed by atoms with Crippen LogP contribution in [0.5, 0.6) is 0 Å². The molecule has 2 heterocycles. The first-order valence-corrected chi connectivity index (χ1v) is 6.72. The topological polar surface area (TPSA) is 51.4 Å². The van der Waals surface area contributed by atoms with Gasteiger partial charge in [0, 0.05) is 7.05 Å². The number of aromatic nitrogens is 5. The fourth-order valence-corrected chi connectivity index (χ4v) is 2.46. The van der Waals surface area contributed by atoms with Crippen molar-refractivity contribution in [2.45, 2.75) is 13.8 Å². The zero-order valence-corrected chi connectivity index (χ0v) is 12.4. The van der Waals surface area contributed by atoms with Crippen molar-refractivity contribution in [1.29, 1.82) is 0 Å². The second-order valence-electron chi connectivity index (χ2n) is 4.82. The molecule has 0 radical (unpaired) electrons. The molecule has 5 nitrogen and oxygen atoms in total. The van der Waals surface area contributed by atoms with E-state index < -0.39 is 0 Å². The van der Waals surface area contributed by atoms with Gasteiger partial charge in [0.25, 0.3) is 0 Å². The van der Waals surface area contributed by atoms with E-state index in [0.29, 0.717) is 4.77 Å². The summed E-state index contributed by atoms with van der Waals surface area (Å²) in [5, 5.41) is 11.6. The fourth-order valence-electron chi connectivity index (χ4n) is 2.22. The van der Waals surface area contributed by atoms with Crippen LogP contribution < -0.4 is 0 Å². The molecule has 6 heteroatoms. The highest BCUT2D eigenvalue weighted by Crippen LogP contribution is 2.22. The van der Waals surface area contributed by atoms with Crippen molar-refractivity contribution in [3.05, 3.63) is 46.4 Å². The number of aromatic amines is 1. The molecule has 3 rings (SSSR count). The zero-order chi connectivity index (χ0) is 14.3. The average Bonchev–Trinajstić information content (AvgIpc) is 2.93. The molecule has 0 fully saturated rings. The van der Waals surface area contributed by atoms with Gasteiger partial charge in [-0.2, -0.15) is 10.2 Å². The van der Waals surface area contributed by atoms with Gasteiger partial charge in [0.1, 0.15) is 5.69 Å². The van der Waals surface area contributed by atoms with Gasteiger partial charge in [-0.1, -0.05) is 17.7 Å². The molecular formula is C14H15N5S. The summed E-state index contributed by atoms with van der Waals surface area (Å²) in [6, 6.07) is 10.2. The smallest absolute Gasteiger partial charge is 0.200 e. The van der Waals surface area contributed by atoms with Crippen LogP contribution in [0.3, 0.4) is 0 Å². The standard InChI is InChI=1S/C14H15N5S/c1-9-4-6-11(7-5-9)19-13(15-16-14(19)20)12-8-10(2)17-18(12)3/h4-8H,1-3H3,(H,16,20). The monoisotopic (exact) mass is 285 g/mol. The van der Waals surface area contributed by atoms with Crippen LogP contribution in [-0.2, 0) is 7.05 Å². The summed E-state index contributed by atoms with van der Waals surface area (Å²) in [5.41, 5.74) is 4.08. The minimum Gasteiger partial charge on any atom is -0.267 e. The third kappa shape index (κ3) is 2.08. The van der Waals surface area contributed by atoms with Crippen LogP contribution in [0.15, 0.2) is 30.3 Å². The largest absolute Gasteiger partial charge is 0.267 e. The van der Waals surface area contributed by atoms with Crippen molar-refractivity contribution in [3.8, 4) is 17.2 Å². The first kappa shape index (κ1) is 12.8. The third-order valence-electron chi connectivity index (χ3n) is 3.20. The van der Waals surface area contributed by atoms with E-state index in [9.17, 15) is 0 Å². The second kappa shape index (κ2) is 4.72. The van der Waals surface area contributed by atoms with Crippen LogP contribution in [0.2, 0.25) is 0 Å². The molecule has 3 aromatic rings. The van der Waals surface area contributed by atoms with Gasteiger partial charge in [0.05, 0.1) is 11.4 Å². The van der Waals surface area contributed by atoms with E-state index in [1.807, 2.05) is 41.4 Å². The number of hydrogen-bond donors (Lipinski definition) is 1. The first-order valence-electron chi connectivity index (χ1n) is 6.32. The van der Waals surface area contributed by atoms with E-state index in [1.165, 1.54) is 5.56 Å². The molecule has 1 aromatic carbocycles. The molecule has 0 aliphatic carbocycles. The number of rotatable bonds is 2. The molecule has 102 valence electrons. The van der Waals surface area contributed by atoms with E-state index >= 15 is 0 Å². The van der Waals surface area contributed by atoms with Gasteiger partial charge < -0.3 is 0 Å². The van der Waals surface area contributed by atoms with Gasteiger partial charge in [-0.15, -0.1) is 0 Å². The quantitative estimate of drug-likeness (QED) is 0.737. The third-order valence-corrected chi connectivity index (χ3v) is 3.47. The van der Waals surface area contributed by atoms with E-state index in [4.69, 9.17) is 12.2 Å². The van der Waals surface area contributed by atoms with Gasteiger partial charge in [-0.05, 0) is 44.3 Å². The lowest BCUT2D eigenvalue weighted by Crippen LogP contribution is -2.02. The Bertz CT molecular complexity index is 807. The van der Waals surface area contributed by atoms with Gasteiger partial charge in [0.15, 0.2) is 10.6 Å². The maximum atomic E-state index is 5.35. The molecule has 0 atom stereocenters. The van der Waals surface area contributed by atoms with E-state index in [0.717, 1.165) is 22.9 Å². The Balaban J connectivity index is 2.22. The summed E-state index contributed by atoms with van der Waals surface area (Å²) >= 11 is 5.35. The molecule has 0 saturated heterocycles. The van der Waals surface area contributed by atoms with Crippen LogP contribution >= 0.6 is 12.2 Å². The van der Waals surface area contributed by atoms with Crippen LogP contribution in [0.25, 0.3) is 17.2 Å². The molecule has 0 spiro atoms. The number of benzene rings is 1. The number of aryl methyl sites for hydroxylation is 3. The summed E-state index contributed by atoms with van der Waals surface area (Å²) in [4.78, 5) is 0. The van der Waals surface area contributed by atoms with Crippen molar-refractivity contribution in [3.63, 3.8) is 0 Å². The molecule has 0 unspecified atom stereocenters. The molecule has 20 heavy (non-hydrogen) atoms. The summed E-state index contributed by atoms with van der Waals surface area (Å²) < 4.78 is 4.30. The number of H-pyrrole nitrogens is 1. The minimum atomic E-state index is 0.572. The van der Waals surface area contributed by atoms with Gasteiger partial charge in [0.2, 0.25) is 0 Å². The Morgan fingerprint density at radius 2 is 1.85 bits per heavy atom. The lowest BCUT2D eigenvalue weighted by molar-refractivity contribution is 0.756. The molecule has 2 aromatic heterocycles. The van der Waals surface area contributed by atoms with E-state index in [2.05, 4.69) is 34.4 Å². The maximum Gasteiger partial charge on any atom is 0.200 e. The Hall–Kier alpha value is -2.21. The van der Waals surface area contributed by atoms with E-state index in [-0.39, 0.29) is 0 Å². The van der Waals surface area contributed by atoms with Gasteiger partial charge in [-0.3, -0.25) is 14.3 Å². The highest BCUT2D eigenvalue weighted by molar-refractivity contribution is 7.71. The van der Waals surface area contributed by atoms with Crippen molar-refractivity contribution in [2.24, 2.45) is 7.05 Å². The normalized spacial score (nSPS) is 10.9. The predicted molar refractivity (Wildman–Crippen MR) is 80.4 cm³/mol. The van der Waals surface area contributed by atoms with E-state index in [1.54, 1.807) is 0 Å². The molecule has 0 saturated carbocycles. The molecule has 0 aliphatic heterocycles. The molecule has 0 bridgehead atoms. The second-order valence-corrected chi connectivity index (χ2v) is 5.20. The average molecular weight is 285 g/mol. The SMILES string of the molecule is Cc1ccc(-n2c(-c3cc(C)nn3C)n[nH]c2=S)cc1. The lowest BCUT2D eigenvalue weighted by Gasteiger charge is -2.07.